The molecule has 9 nitrogen and oxygen atoms in total. The van der Waals surface area contributed by atoms with Crippen molar-refractivity contribution in [2.45, 2.75) is 44.2 Å². The van der Waals surface area contributed by atoms with E-state index in [0.29, 0.717) is 6.54 Å². The van der Waals surface area contributed by atoms with Crippen LogP contribution in [-0.4, -0.2) is 67.5 Å². The van der Waals surface area contributed by atoms with E-state index in [1.165, 1.54) is 0 Å². The summed E-state index contributed by atoms with van der Waals surface area (Å²) in [6.07, 6.45) is 0.349. The maximum Gasteiger partial charge on any atom is 0.240 e. The SMILES string of the molecule is CC(C)C[C@H](NS(=O)(=O)C1CNCCO1)C(=O)N[C@@H](Cc1ccccc1)C(=O)C(=O)CI. The van der Waals surface area contributed by atoms with Gasteiger partial charge in [-0.1, -0.05) is 66.8 Å². The van der Waals surface area contributed by atoms with E-state index < -0.39 is 45.0 Å². The normalized spacial score (nSPS) is 18.7. The van der Waals surface area contributed by atoms with Crippen LogP contribution in [0, 0.1) is 5.92 Å². The van der Waals surface area contributed by atoms with Crippen LogP contribution in [0.5, 0.6) is 0 Å². The monoisotopic (exact) mass is 579 g/mol. The van der Waals surface area contributed by atoms with Crippen molar-refractivity contribution < 1.29 is 27.5 Å². The van der Waals surface area contributed by atoms with Gasteiger partial charge < -0.3 is 15.4 Å². The zero-order chi connectivity index (χ0) is 23.7. The lowest BCUT2D eigenvalue weighted by molar-refractivity contribution is -0.137. The summed E-state index contributed by atoms with van der Waals surface area (Å²) in [5.74, 6) is -1.96. The van der Waals surface area contributed by atoms with Crippen molar-refractivity contribution in [2.24, 2.45) is 5.92 Å². The second-order valence-corrected chi connectivity index (χ2v) is 10.6. The molecule has 0 radical (unpaired) electrons. The molecule has 0 bridgehead atoms. The predicted octanol–water partition coefficient (Wildman–Crippen LogP) is 0.567. The van der Waals surface area contributed by atoms with Gasteiger partial charge in [-0.2, -0.15) is 0 Å². The minimum Gasteiger partial charge on any atom is -0.358 e. The fourth-order valence-electron chi connectivity index (χ4n) is 3.29. The third kappa shape index (κ3) is 8.18. The Morgan fingerprint density at radius 2 is 1.88 bits per heavy atom. The summed E-state index contributed by atoms with van der Waals surface area (Å²) >= 11 is 1.80. The average molecular weight is 579 g/mol. The van der Waals surface area contributed by atoms with E-state index in [1.54, 1.807) is 46.9 Å². The Morgan fingerprint density at radius 1 is 1.19 bits per heavy atom. The molecule has 1 unspecified atom stereocenters. The van der Waals surface area contributed by atoms with Gasteiger partial charge in [-0.3, -0.25) is 14.4 Å². The lowest BCUT2D eigenvalue weighted by atomic mass is 9.99. The lowest BCUT2D eigenvalue weighted by Crippen LogP contribution is -2.56. The number of halogens is 1. The maximum absolute atomic E-state index is 13.1. The first kappa shape index (κ1) is 26.8. The number of hydrogen-bond acceptors (Lipinski definition) is 7. The number of amides is 1. The number of Topliss-reactive ketones (excluding diaryl/α,β-unsaturated/α-hetero) is 2. The molecule has 2 rings (SSSR count). The van der Waals surface area contributed by atoms with Crippen LogP contribution in [0.3, 0.4) is 0 Å². The van der Waals surface area contributed by atoms with Crippen LogP contribution < -0.4 is 15.4 Å². The summed E-state index contributed by atoms with van der Waals surface area (Å²) in [4.78, 5) is 37.8. The number of sulfonamides is 1. The highest BCUT2D eigenvalue weighted by molar-refractivity contribution is 14.1. The van der Waals surface area contributed by atoms with Crippen molar-refractivity contribution in [3.8, 4) is 0 Å². The number of benzene rings is 1. The van der Waals surface area contributed by atoms with Gasteiger partial charge in [0.25, 0.3) is 0 Å². The molecule has 0 saturated carbocycles. The molecule has 1 saturated heterocycles. The van der Waals surface area contributed by atoms with E-state index >= 15 is 0 Å². The van der Waals surface area contributed by atoms with Gasteiger partial charge >= 0.3 is 0 Å². The molecule has 1 heterocycles. The highest BCUT2D eigenvalue weighted by Gasteiger charge is 2.35. The Hall–Kier alpha value is -1.41. The molecule has 178 valence electrons. The summed E-state index contributed by atoms with van der Waals surface area (Å²) in [5.41, 5.74) is -0.337. The standard InChI is InChI=1S/C21H30IN3O6S/c1-14(2)10-17(25-32(29,30)19-13-23-8-9-31-19)21(28)24-16(20(27)18(26)12-22)11-15-6-4-3-5-7-15/h3-7,14,16-17,19,23,25H,8-13H2,1-2H3,(H,24,28)/t16-,17-,19?/m0/s1. The van der Waals surface area contributed by atoms with Gasteiger partial charge in [-0.15, -0.1) is 0 Å². The first-order valence-corrected chi connectivity index (χ1v) is 13.5. The minimum absolute atomic E-state index is 0.00176. The van der Waals surface area contributed by atoms with Crippen molar-refractivity contribution in [3.63, 3.8) is 0 Å². The Morgan fingerprint density at radius 3 is 2.44 bits per heavy atom. The first-order valence-electron chi connectivity index (χ1n) is 10.4. The second-order valence-electron chi connectivity index (χ2n) is 8.02. The number of ketones is 2. The number of rotatable bonds is 12. The van der Waals surface area contributed by atoms with Gasteiger partial charge in [0.15, 0.2) is 5.44 Å². The van der Waals surface area contributed by atoms with Crippen molar-refractivity contribution in [2.75, 3.05) is 24.1 Å². The van der Waals surface area contributed by atoms with Crippen LogP contribution in [-0.2, 0) is 35.6 Å². The highest BCUT2D eigenvalue weighted by atomic mass is 127. The summed E-state index contributed by atoms with van der Waals surface area (Å²) in [6.45, 7) is 4.64. The molecule has 0 aromatic heterocycles. The Balaban J connectivity index is 2.20. The Bertz CT molecular complexity index is 888. The number of alkyl halides is 1. The smallest absolute Gasteiger partial charge is 0.240 e. The first-order chi connectivity index (χ1) is 15.1. The second kappa shape index (κ2) is 12.7. The quantitative estimate of drug-likeness (QED) is 0.188. The largest absolute Gasteiger partial charge is 0.358 e. The average Bonchev–Trinajstić information content (AvgIpc) is 2.78. The summed E-state index contributed by atoms with van der Waals surface area (Å²) in [6, 6.07) is 6.82. The van der Waals surface area contributed by atoms with Crippen LogP contribution in [0.4, 0.5) is 0 Å². The van der Waals surface area contributed by atoms with Crippen LogP contribution >= 0.6 is 22.6 Å². The molecule has 1 aliphatic rings. The van der Waals surface area contributed by atoms with Gasteiger partial charge in [0.2, 0.25) is 27.5 Å². The Labute approximate surface area is 202 Å². The van der Waals surface area contributed by atoms with E-state index in [9.17, 15) is 22.8 Å². The Kier molecular flexibility index (Phi) is 10.7. The molecule has 1 aromatic rings. The van der Waals surface area contributed by atoms with Crippen LogP contribution in [0.15, 0.2) is 30.3 Å². The van der Waals surface area contributed by atoms with Gasteiger partial charge in [0.05, 0.1) is 17.1 Å². The topological polar surface area (TPSA) is 131 Å². The summed E-state index contributed by atoms with van der Waals surface area (Å²) in [5, 5.41) is 5.57. The molecule has 3 atom stereocenters. The number of nitrogens with one attached hydrogen (secondary N) is 3. The molecule has 0 spiro atoms. The molecule has 32 heavy (non-hydrogen) atoms. The molecular formula is C21H30IN3O6S. The van der Waals surface area contributed by atoms with Gasteiger partial charge in [-0.25, -0.2) is 13.1 Å². The van der Waals surface area contributed by atoms with Crippen molar-refractivity contribution in [1.82, 2.24) is 15.4 Å². The van der Waals surface area contributed by atoms with E-state index in [4.69, 9.17) is 4.74 Å². The molecule has 3 N–H and O–H groups in total. The number of carbonyl (C=O) groups excluding carboxylic acids is 3. The zero-order valence-corrected chi connectivity index (χ0v) is 21.1. The minimum atomic E-state index is -3.96. The number of morpholine rings is 1. The van der Waals surface area contributed by atoms with Crippen LogP contribution in [0.1, 0.15) is 25.8 Å². The fraction of sp³-hybridized carbons (Fsp3) is 0.571. The molecule has 1 aliphatic heterocycles. The van der Waals surface area contributed by atoms with Crippen molar-refractivity contribution in [3.05, 3.63) is 35.9 Å². The molecule has 11 heteroatoms. The zero-order valence-electron chi connectivity index (χ0n) is 18.2. The number of hydrogen-bond donors (Lipinski definition) is 3. The van der Waals surface area contributed by atoms with Gasteiger partial charge in [0, 0.05) is 19.5 Å². The lowest BCUT2D eigenvalue weighted by Gasteiger charge is -2.28. The number of ether oxygens (including phenoxy) is 1. The number of carbonyl (C=O) groups is 3. The molecular weight excluding hydrogens is 549 g/mol. The third-order valence-electron chi connectivity index (χ3n) is 4.88. The van der Waals surface area contributed by atoms with E-state index in [1.807, 2.05) is 19.9 Å². The highest BCUT2D eigenvalue weighted by Crippen LogP contribution is 2.12. The van der Waals surface area contributed by atoms with Gasteiger partial charge in [-0.05, 0) is 17.9 Å². The van der Waals surface area contributed by atoms with E-state index in [0.717, 1.165) is 5.56 Å². The molecule has 1 aromatic carbocycles. The third-order valence-corrected chi connectivity index (χ3v) is 7.18. The molecule has 1 fully saturated rings. The maximum atomic E-state index is 13.1. The fourth-order valence-corrected chi connectivity index (χ4v) is 5.03. The van der Waals surface area contributed by atoms with E-state index in [2.05, 4.69) is 15.4 Å². The van der Waals surface area contributed by atoms with Crippen LogP contribution in [0.2, 0.25) is 0 Å². The molecule has 0 aliphatic carbocycles. The van der Waals surface area contributed by atoms with Gasteiger partial charge in [0.1, 0.15) is 6.04 Å². The molecule has 1 amide bonds. The summed E-state index contributed by atoms with van der Waals surface area (Å²) < 4.78 is 33.3. The van der Waals surface area contributed by atoms with E-state index in [-0.39, 0.29) is 36.3 Å². The summed E-state index contributed by atoms with van der Waals surface area (Å²) in [7, 11) is -3.96. The van der Waals surface area contributed by atoms with Crippen molar-refractivity contribution in [1.29, 1.82) is 0 Å². The predicted molar refractivity (Wildman–Crippen MR) is 129 cm³/mol. The van der Waals surface area contributed by atoms with Crippen LogP contribution in [0.25, 0.3) is 0 Å². The van der Waals surface area contributed by atoms with Crippen molar-refractivity contribution >= 4 is 50.1 Å².